The molecule has 0 atom stereocenters. The van der Waals surface area contributed by atoms with Crippen molar-refractivity contribution in [2.24, 2.45) is 10.9 Å². The lowest BCUT2D eigenvalue weighted by Gasteiger charge is -2.39. The summed E-state index contributed by atoms with van der Waals surface area (Å²) in [5, 5.41) is 12.1. The van der Waals surface area contributed by atoms with Gasteiger partial charge in [0.1, 0.15) is 0 Å². The third-order valence-corrected chi connectivity index (χ3v) is 5.10. The number of nitrogens with two attached hydrogens (primary N) is 1. The smallest absolute Gasteiger partial charge is 0.155 e. The number of hydrogen-bond donors (Lipinski definition) is 2. The molecule has 0 saturated carbocycles. The maximum Gasteiger partial charge on any atom is 0.155 e. The van der Waals surface area contributed by atoms with E-state index >= 15 is 0 Å². The third-order valence-electron chi connectivity index (χ3n) is 3.70. The second-order valence-electron chi connectivity index (χ2n) is 4.73. The summed E-state index contributed by atoms with van der Waals surface area (Å²) in [6.07, 6.45) is 6.22. The van der Waals surface area contributed by atoms with Gasteiger partial charge >= 0.3 is 0 Å². The van der Waals surface area contributed by atoms with Gasteiger partial charge < -0.3 is 20.6 Å². The zero-order valence-corrected chi connectivity index (χ0v) is 12.2. The van der Waals surface area contributed by atoms with Gasteiger partial charge in [0.05, 0.1) is 4.75 Å². The van der Waals surface area contributed by atoms with Crippen LogP contribution in [-0.2, 0) is 4.74 Å². The van der Waals surface area contributed by atoms with Crippen molar-refractivity contribution < 1.29 is 9.94 Å². The largest absolute Gasteiger partial charge is 0.409 e. The number of piperidine rings is 1. The van der Waals surface area contributed by atoms with Gasteiger partial charge in [0.15, 0.2) is 5.84 Å². The van der Waals surface area contributed by atoms with Crippen LogP contribution in [0.5, 0.6) is 0 Å². The van der Waals surface area contributed by atoms with Crippen molar-refractivity contribution in [1.82, 2.24) is 4.90 Å². The highest BCUT2D eigenvalue weighted by molar-refractivity contribution is 8.00. The van der Waals surface area contributed by atoms with E-state index in [9.17, 15) is 0 Å². The molecular formula is C12H25N3O2S. The number of methoxy groups -OCH3 is 1. The highest BCUT2D eigenvalue weighted by Gasteiger charge is 2.37. The van der Waals surface area contributed by atoms with Crippen LogP contribution < -0.4 is 5.73 Å². The first kappa shape index (κ1) is 15.6. The summed E-state index contributed by atoms with van der Waals surface area (Å²) in [4.78, 5) is 2.45. The monoisotopic (exact) mass is 275 g/mol. The van der Waals surface area contributed by atoms with E-state index in [-0.39, 0.29) is 4.75 Å². The van der Waals surface area contributed by atoms with Crippen LogP contribution in [0.25, 0.3) is 0 Å². The Morgan fingerprint density at radius 3 is 2.61 bits per heavy atom. The van der Waals surface area contributed by atoms with E-state index in [1.165, 1.54) is 6.42 Å². The van der Waals surface area contributed by atoms with Crippen LogP contribution in [0.2, 0.25) is 0 Å². The van der Waals surface area contributed by atoms with Crippen molar-refractivity contribution in [1.29, 1.82) is 0 Å². The number of ether oxygens (including phenoxy) is 1. The fraction of sp³-hybridized carbons (Fsp3) is 0.917. The van der Waals surface area contributed by atoms with Gasteiger partial charge in [-0.15, -0.1) is 0 Å². The number of likely N-dealkylation sites (tertiary alicyclic amines) is 1. The lowest BCUT2D eigenvalue weighted by atomic mass is 9.94. The average molecular weight is 275 g/mol. The first-order valence-corrected chi connectivity index (χ1v) is 7.65. The maximum atomic E-state index is 8.87. The molecule has 0 aromatic heterocycles. The highest BCUT2D eigenvalue weighted by atomic mass is 32.2. The zero-order chi connectivity index (χ0) is 13.4. The predicted molar refractivity (Wildman–Crippen MR) is 76.4 cm³/mol. The summed E-state index contributed by atoms with van der Waals surface area (Å²) in [6, 6.07) is 0. The summed E-state index contributed by atoms with van der Waals surface area (Å²) < 4.78 is 4.88. The normalized spacial score (nSPS) is 21.1. The zero-order valence-electron chi connectivity index (χ0n) is 11.4. The Morgan fingerprint density at radius 1 is 1.44 bits per heavy atom. The van der Waals surface area contributed by atoms with E-state index in [2.05, 4.69) is 10.1 Å². The van der Waals surface area contributed by atoms with E-state index in [0.29, 0.717) is 5.84 Å². The molecule has 0 amide bonds. The summed E-state index contributed by atoms with van der Waals surface area (Å²) in [7, 11) is 1.74. The first-order chi connectivity index (χ1) is 8.68. The van der Waals surface area contributed by atoms with Crippen LogP contribution in [0.4, 0.5) is 0 Å². The molecule has 5 nitrogen and oxygen atoms in total. The molecule has 0 radical (unpaired) electrons. The lowest BCUT2D eigenvalue weighted by Crippen LogP contribution is -2.50. The number of amidine groups is 1. The molecule has 18 heavy (non-hydrogen) atoms. The van der Waals surface area contributed by atoms with Crippen LogP contribution in [0, 0.1) is 0 Å². The number of hydrogen-bond acceptors (Lipinski definition) is 5. The molecule has 0 aliphatic carbocycles. The molecule has 1 heterocycles. The van der Waals surface area contributed by atoms with Crippen molar-refractivity contribution in [3.05, 3.63) is 0 Å². The van der Waals surface area contributed by atoms with Gasteiger partial charge in [-0.3, -0.25) is 0 Å². The Morgan fingerprint density at radius 2 is 2.11 bits per heavy atom. The standard InChI is InChI=1S/C12H25N3O2S/c1-17-10-4-3-7-15-8-5-12(18-2,6-9-15)11(13)14-16/h16H,3-10H2,1-2H3,(H2,13,14). The quantitative estimate of drug-likeness (QED) is 0.241. The molecule has 106 valence electrons. The highest BCUT2D eigenvalue weighted by Crippen LogP contribution is 2.34. The Balaban J connectivity index is 2.35. The molecule has 1 aliphatic heterocycles. The molecule has 0 spiro atoms. The van der Waals surface area contributed by atoms with Gasteiger partial charge in [0.2, 0.25) is 0 Å². The van der Waals surface area contributed by atoms with E-state index in [1.54, 1.807) is 18.9 Å². The van der Waals surface area contributed by atoms with E-state index in [0.717, 1.165) is 45.5 Å². The maximum absolute atomic E-state index is 8.87. The summed E-state index contributed by atoms with van der Waals surface area (Å²) in [5.41, 5.74) is 5.82. The van der Waals surface area contributed by atoms with E-state index in [4.69, 9.17) is 15.7 Å². The SMILES string of the molecule is COCCCCN1CCC(SC)(C(N)=NO)CC1. The van der Waals surface area contributed by atoms with Crippen LogP contribution in [-0.4, -0.2) is 60.3 Å². The van der Waals surface area contributed by atoms with Gasteiger partial charge in [-0.1, -0.05) is 5.16 Å². The topological polar surface area (TPSA) is 71.1 Å². The minimum atomic E-state index is -0.169. The van der Waals surface area contributed by atoms with E-state index < -0.39 is 0 Å². The van der Waals surface area contributed by atoms with Gasteiger partial charge in [0.25, 0.3) is 0 Å². The summed E-state index contributed by atoms with van der Waals surface area (Å²) in [6.45, 7) is 3.99. The van der Waals surface area contributed by atoms with Crippen LogP contribution >= 0.6 is 11.8 Å². The Bertz CT molecular complexity index is 266. The number of unbranched alkanes of at least 4 members (excludes halogenated alkanes) is 1. The molecule has 0 aromatic rings. The average Bonchev–Trinajstić information content (AvgIpc) is 2.43. The van der Waals surface area contributed by atoms with E-state index in [1.807, 2.05) is 6.26 Å². The second kappa shape index (κ2) is 7.86. The number of thioether (sulfide) groups is 1. The molecule has 0 unspecified atom stereocenters. The number of oxime groups is 1. The Hall–Kier alpha value is -0.460. The minimum Gasteiger partial charge on any atom is -0.409 e. The molecule has 0 aromatic carbocycles. The Kier molecular flexibility index (Phi) is 6.81. The molecule has 6 heteroatoms. The second-order valence-corrected chi connectivity index (χ2v) is 5.91. The van der Waals surface area contributed by atoms with Crippen molar-refractivity contribution >= 4 is 17.6 Å². The molecule has 1 rings (SSSR count). The number of nitrogens with zero attached hydrogens (tertiary/aromatic N) is 2. The molecular weight excluding hydrogens is 250 g/mol. The van der Waals surface area contributed by atoms with Gasteiger partial charge in [-0.05, 0) is 51.6 Å². The summed E-state index contributed by atoms with van der Waals surface area (Å²) >= 11 is 1.70. The van der Waals surface area contributed by atoms with Crippen LogP contribution in [0.1, 0.15) is 25.7 Å². The fourth-order valence-electron chi connectivity index (χ4n) is 2.38. The molecule has 0 bridgehead atoms. The fourth-order valence-corrected chi connectivity index (χ4v) is 3.22. The van der Waals surface area contributed by atoms with Gasteiger partial charge in [-0.25, -0.2) is 0 Å². The van der Waals surface area contributed by atoms with Crippen molar-refractivity contribution in [2.45, 2.75) is 30.4 Å². The molecule has 1 fully saturated rings. The first-order valence-electron chi connectivity index (χ1n) is 6.43. The van der Waals surface area contributed by atoms with Crippen molar-refractivity contribution in [3.63, 3.8) is 0 Å². The van der Waals surface area contributed by atoms with Crippen molar-refractivity contribution in [2.75, 3.05) is 39.6 Å². The molecule has 3 N–H and O–H groups in total. The number of rotatable bonds is 7. The Labute approximate surface area is 114 Å². The third kappa shape index (κ3) is 4.03. The molecule has 1 aliphatic rings. The molecule has 1 saturated heterocycles. The lowest BCUT2D eigenvalue weighted by molar-refractivity contribution is 0.175. The van der Waals surface area contributed by atoms with Crippen LogP contribution in [0.3, 0.4) is 0 Å². The predicted octanol–water partition coefficient (Wildman–Crippen LogP) is 1.36. The minimum absolute atomic E-state index is 0.169. The van der Waals surface area contributed by atoms with Crippen LogP contribution in [0.15, 0.2) is 5.16 Å². The summed E-state index contributed by atoms with van der Waals surface area (Å²) in [5.74, 6) is 0.369. The van der Waals surface area contributed by atoms with Crippen molar-refractivity contribution in [3.8, 4) is 0 Å². The van der Waals surface area contributed by atoms with Gasteiger partial charge in [-0.2, -0.15) is 11.8 Å². The van der Waals surface area contributed by atoms with Gasteiger partial charge in [0, 0.05) is 13.7 Å².